The zero-order valence-electron chi connectivity index (χ0n) is 20.3. The maximum absolute atomic E-state index is 13.1. The van der Waals surface area contributed by atoms with E-state index in [0.717, 1.165) is 23.3 Å². The largest absolute Gasteiger partial charge is 0.494 e. The van der Waals surface area contributed by atoms with Gasteiger partial charge in [0.25, 0.3) is 0 Å². The number of benzene rings is 2. The average Bonchev–Trinajstić information content (AvgIpc) is 3.32. The molecular formula is C26H30N4O4S. The number of oxazole rings is 1. The van der Waals surface area contributed by atoms with E-state index < -0.39 is 10.0 Å². The van der Waals surface area contributed by atoms with Crippen molar-refractivity contribution in [1.82, 2.24) is 9.29 Å². The second kappa shape index (κ2) is 10.5. The highest BCUT2D eigenvalue weighted by Gasteiger charge is 2.31. The highest BCUT2D eigenvalue weighted by Crippen LogP contribution is 2.30. The molecule has 1 fully saturated rings. The number of hydrogen-bond acceptors (Lipinski definition) is 7. The Morgan fingerprint density at radius 3 is 2.29 bits per heavy atom. The lowest BCUT2D eigenvalue weighted by Gasteiger charge is -2.33. The number of nitrogens with zero attached hydrogens (tertiary/aromatic N) is 4. The molecule has 0 spiro atoms. The molecule has 0 amide bonds. The lowest BCUT2D eigenvalue weighted by atomic mass is 10.0. The minimum absolute atomic E-state index is 0.187. The second-order valence-corrected chi connectivity index (χ2v) is 10.7. The molecule has 0 unspecified atom stereocenters. The van der Waals surface area contributed by atoms with Gasteiger partial charge in [-0.2, -0.15) is 14.6 Å². The summed E-state index contributed by atoms with van der Waals surface area (Å²) in [4.78, 5) is 6.53. The molecule has 2 heterocycles. The van der Waals surface area contributed by atoms with Gasteiger partial charge in [0.1, 0.15) is 11.8 Å². The fraction of sp³-hybridized carbons (Fsp3) is 0.385. The molecule has 0 saturated carbocycles. The van der Waals surface area contributed by atoms with Crippen molar-refractivity contribution in [2.75, 3.05) is 37.7 Å². The Balaban J connectivity index is 1.46. The third kappa shape index (κ3) is 5.34. The van der Waals surface area contributed by atoms with Gasteiger partial charge >= 0.3 is 0 Å². The quantitative estimate of drug-likeness (QED) is 0.450. The highest BCUT2D eigenvalue weighted by molar-refractivity contribution is 7.89. The molecule has 2 aromatic carbocycles. The monoisotopic (exact) mass is 494 g/mol. The number of nitriles is 1. The van der Waals surface area contributed by atoms with Gasteiger partial charge in [0.2, 0.25) is 27.5 Å². The first-order valence-electron chi connectivity index (χ1n) is 11.8. The third-order valence-corrected chi connectivity index (χ3v) is 7.91. The molecule has 1 aliphatic heterocycles. The highest BCUT2D eigenvalue weighted by atomic mass is 32.2. The Bertz CT molecular complexity index is 1280. The average molecular weight is 495 g/mol. The van der Waals surface area contributed by atoms with E-state index in [-0.39, 0.29) is 5.69 Å². The number of hydrogen-bond donors (Lipinski definition) is 0. The molecule has 184 valence electrons. The van der Waals surface area contributed by atoms with Crippen LogP contribution < -0.4 is 9.64 Å². The first-order valence-corrected chi connectivity index (χ1v) is 13.3. The van der Waals surface area contributed by atoms with Crippen LogP contribution in [0.3, 0.4) is 0 Å². The van der Waals surface area contributed by atoms with Crippen LogP contribution in [0.4, 0.5) is 5.88 Å². The molecule has 9 heteroatoms. The maximum atomic E-state index is 13.1. The number of ether oxygens (including phenoxy) is 1. The first-order chi connectivity index (χ1) is 16.8. The first kappa shape index (κ1) is 24.8. The van der Waals surface area contributed by atoms with E-state index in [1.54, 1.807) is 12.1 Å². The Kier molecular flexibility index (Phi) is 7.43. The molecule has 0 atom stereocenters. The predicted octanol–water partition coefficient (Wildman–Crippen LogP) is 4.64. The molecule has 0 bridgehead atoms. The van der Waals surface area contributed by atoms with Gasteiger partial charge in [-0.25, -0.2) is 8.42 Å². The lowest BCUT2D eigenvalue weighted by molar-refractivity contribution is 0.317. The summed E-state index contributed by atoms with van der Waals surface area (Å²) < 4.78 is 39.3. The molecule has 0 radical (unpaired) electrons. The van der Waals surface area contributed by atoms with Crippen molar-refractivity contribution in [2.45, 2.75) is 38.0 Å². The van der Waals surface area contributed by atoms with E-state index in [1.807, 2.05) is 48.2 Å². The Hall–Kier alpha value is -3.35. The van der Waals surface area contributed by atoms with Crippen molar-refractivity contribution < 1.29 is 17.6 Å². The van der Waals surface area contributed by atoms with E-state index in [2.05, 4.69) is 24.9 Å². The lowest BCUT2D eigenvalue weighted by Crippen LogP contribution is -2.48. The van der Waals surface area contributed by atoms with Gasteiger partial charge in [-0.05, 0) is 54.3 Å². The van der Waals surface area contributed by atoms with Crippen LogP contribution in [-0.4, -0.2) is 50.5 Å². The number of rotatable bonds is 8. The molecule has 1 aromatic heterocycles. The normalized spacial score (nSPS) is 14.8. The minimum Gasteiger partial charge on any atom is -0.494 e. The summed E-state index contributed by atoms with van der Waals surface area (Å²) in [6.45, 7) is 8.22. The van der Waals surface area contributed by atoms with E-state index >= 15 is 0 Å². The standard InChI is InChI=1S/C26H30N4O4S/c1-4-17-33-22-9-5-21(6-10-22)25-28-24(18-27)26(34-25)29-13-15-30(16-14-29)35(31,32)23-11-7-20(8-12-23)19(2)3/h5-12,19H,4,13-17H2,1-3H3. The van der Waals surface area contributed by atoms with Crippen LogP contribution in [0.5, 0.6) is 5.75 Å². The number of sulfonamides is 1. The van der Waals surface area contributed by atoms with E-state index in [0.29, 0.717) is 55.4 Å². The summed E-state index contributed by atoms with van der Waals surface area (Å²) >= 11 is 0. The zero-order valence-corrected chi connectivity index (χ0v) is 21.1. The van der Waals surface area contributed by atoms with Gasteiger partial charge in [-0.3, -0.25) is 0 Å². The molecule has 0 aliphatic carbocycles. The molecule has 0 N–H and O–H groups in total. The Morgan fingerprint density at radius 1 is 1.06 bits per heavy atom. The number of aromatic nitrogens is 1. The van der Waals surface area contributed by atoms with Crippen LogP contribution in [-0.2, 0) is 10.0 Å². The summed E-state index contributed by atoms with van der Waals surface area (Å²) in [7, 11) is -3.59. The third-order valence-electron chi connectivity index (χ3n) is 6.00. The van der Waals surface area contributed by atoms with Crippen LogP contribution in [0, 0.1) is 11.3 Å². The molecule has 1 aliphatic rings. The fourth-order valence-corrected chi connectivity index (χ4v) is 5.36. The van der Waals surface area contributed by atoms with Crippen LogP contribution in [0.1, 0.15) is 44.4 Å². The van der Waals surface area contributed by atoms with Crippen LogP contribution in [0.25, 0.3) is 11.5 Å². The van der Waals surface area contributed by atoms with Gasteiger partial charge in [-0.1, -0.05) is 32.9 Å². The summed E-state index contributed by atoms with van der Waals surface area (Å²) in [6.07, 6.45) is 0.926. The zero-order chi connectivity index (χ0) is 25.0. The molecular weight excluding hydrogens is 464 g/mol. The van der Waals surface area contributed by atoms with Crippen molar-refractivity contribution in [3.63, 3.8) is 0 Å². The Labute approximate surface area is 206 Å². The van der Waals surface area contributed by atoms with Gasteiger partial charge in [0.15, 0.2) is 0 Å². The summed E-state index contributed by atoms with van der Waals surface area (Å²) in [5.41, 5.74) is 2.02. The second-order valence-electron chi connectivity index (χ2n) is 8.77. The van der Waals surface area contributed by atoms with E-state index in [9.17, 15) is 13.7 Å². The van der Waals surface area contributed by atoms with E-state index in [4.69, 9.17) is 9.15 Å². The number of anilines is 1. The van der Waals surface area contributed by atoms with E-state index in [1.165, 1.54) is 4.31 Å². The molecule has 3 aromatic rings. The summed E-state index contributed by atoms with van der Waals surface area (Å²) in [5.74, 6) is 1.81. The Morgan fingerprint density at radius 2 is 1.71 bits per heavy atom. The molecule has 35 heavy (non-hydrogen) atoms. The van der Waals surface area contributed by atoms with Crippen LogP contribution in [0.2, 0.25) is 0 Å². The van der Waals surface area contributed by atoms with Crippen molar-refractivity contribution in [3.05, 3.63) is 59.8 Å². The van der Waals surface area contributed by atoms with Gasteiger partial charge in [-0.15, -0.1) is 0 Å². The van der Waals surface area contributed by atoms with Crippen molar-refractivity contribution in [2.24, 2.45) is 0 Å². The summed E-state index contributed by atoms with van der Waals surface area (Å²) in [5, 5.41) is 9.62. The van der Waals surface area contributed by atoms with Gasteiger partial charge < -0.3 is 14.1 Å². The van der Waals surface area contributed by atoms with Gasteiger partial charge in [0.05, 0.1) is 11.5 Å². The molecule has 1 saturated heterocycles. The minimum atomic E-state index is -3.59. The maximum Gasteiger partial charge on any atom is 0.243 e. The van der Waals surface area contributed by atoms with Crippen molar-refractivity contribution in [1.29, 1.82) is 5.26 Å². The predicted molar refractivity (Wildman–Crippen MR) is 134 cm³/mol. The van der Waals surface area contributed by atoms with Crippen LogP contribution >= 0.6 is 0 Å². The van der Waals surface area contributed by atoms with Crippen LogP contribution in [0.15, 0.2) is 57.8 Å². The fourth-order valence-electron chi connectivity index (χ4n) is 3.94. The van der Waals surface area contributed by atoms with Crippen molar-refractivity contribution >= 4 is 15.9 Å². The number of piperazine rings is 1. The smallest absolute Gasteiger partial charge is 0.243 e. The topological polar surface area (TPSA) is 99.7 Å². The van der Waals surface area contributed by atoms with Crippen molar-refractivity contribution in [3.8, 4) is 23.3 Å². The molecule has 8 nitrogen and oxygen atoms in total. The summed E-state index contributed by atoms with van der Waals surface area (Å²) in [6, 6.07) is 16.6. The SMILES string of the molecule is CCCOc1ccc(-c2nc(C#N)c(N3CCN(S(=O)(=O)c4ccc(C(C)C)cc4)CC3)o2)cc1. The molecule has 4 rings (SSSR count). The van der Waals surface area contributed by atoms with Gasteiger partial charge in [0, 0.05) is 31.7 Å².